The minimum absolute atomic E-state index is 0.0339. The third-order valence-electron chi connectivity index (χ3n) is 2.43. The van der Waals surface area contributed by atoms with Crippen molar-refractivity contribution >= 4 is 39.2 Å². The Bertz CT molecular complexity index is 540. The molecule has 0 aliphatic heterocycles. The highest BCUT2D eigenvalue weighted by Crippen LogP contribution is 2.33. The van der Waals surface area contributed by atoms with Crippen molar-refractivity contribution in [3.8, 4) is 0 Å². The Morgan fingerprint density at radius 1 is 1.50 bits per heavy atom. The fraction of sp³-hybridized carbons (Fsp3) is 0.333. The van der Waals surface area contributed by atoms with Gasteiger partial charge in [0.25, 0.3) is 0 Å². The zero-order chi connectivity index (χ0) is 13.1. The van der Waals surface area contributed by atoms with Gasteiger partial charge in [-0.05, 0) is 36.2 Å². The quantitative estimate of drug-likeness (QED) is 0.910. The standard InChI is InChI=1S/C12H14BrN3S2/c1-3-11-15-12(18-16-11)17-8-4-5-9(7(2)14)10(13)6-8/h4-7H,3,14H2,1-2H3/t7-/m1/s1. The van der Waals surface area contributed by atoms with Crippen molar-refractivity contribution in [1.29, 1.82) is 0 Å². The van der Waals surface area contributed by atoms with Gasteiger partial charge in [0.2, 0.25) is 0 Å². The molecule has 0 aliphatic rings. The predicted octanol–water partition coefficient (Wildman–Crippen LogP) is 4.03. The predicted molar refractivity (Wildman–Crippen MR) is 80.2 cm³/mol. The summed E-state index contributed by atoms with van der Waals surface area (Å²) in [6, 6.07) is 6.24. The summed E-state index contributed by atoms with van der Waals surface area (Å²) in [6.45, 7) is 4.04. The first-order valence-electron chi connectivity index (χ1n) is 5.65. The minimum Gasteiger partial charge on any atom is -0.324 e. The Hall–Kier alpha value is -0.430. The lowest BCUT2D eigenvalue weighted by Gasteiger charge is -2.09. The smallest absolute Gasteiger partial charge is 0.174 e. The number of rotatable bonds is 4. The number of hydrogen-bond donors (Lipinski definition) is 1. The molecule has 0 fully saturated rings. The first-order chi connectivity index (χ1) is 8.60. The molecule has 1 heterocycles. The maximum absolute atomic E-state index is 5.88. The largest absolute Gasteiger partial charge is 0.324 e. The number of nitrogens with two attached hydrogens (primary N) is 1. The van der Waals surface area contributed by atoms with Crippen LogP contribution in [0.1, 0.15) is 31.3 Å². The Balaban J connectivity index is 2.17. The van der Waals surface area contributed by atoms with Crippen LogP contribution in [0.3, 0.4) is 0 Å². The number of benzene rings is 1. The van der Waals surface area contributed by atoms with Gasteiger partial charge < -0.3 is 5.73 Å². The second-order valence-corrected chi connectivity index (χ2v) is 6.83. The highest BCUT2D eigenvalue weighted by atomic mass is 79.9. The fourth-order valence-electron chi connectivity index (χ4n) is 1.46. The highest BCUT2D eigenvalue weighted by Gasteiger charge is 2.08. The molecule has 96 valence electrons. The average molecular weight is 344 g/mol. The second-order valence-electron chi connectivity index (χ2n) is 3.90. The van der Waals surface area contributed by atoms with E-state index in [1.807, 2.05) is 6.92 Å². The van der Waals surface area contributed by atoms with Gasteiger partial charge in [0.15, 0.2) is 4.34 Å². The maximum atomic E-state index is 5.88. The van der Waals surface area contributed by atoms with E-state index < -0.39 is 0 Å². The normalized spacial score (nSPS) is 12.7. The van der Waals surface area contributed by atoms with Gasteiger partial charge in [0.1, 0.15) is 5.82 Å². The lowest BCUT2D eigenvalue weighted by Crippen LogP contribution is -2.05. The minimum atomic E-state index is 0.0339. The summed E-state index contributed by atoms with van der Waals surface area (Å²) in [7, 11) is 0. The number of hydrogen-bond acceptors (Lipinski definition) is 5. The summed E-state index contributed by atoms with van der Waals surface area (Å²) in [5, 5.41) is 0. The van der Waals surface area contributed by atoms with Crippen molar-refractivity contribution in [2.45, 2.75) is 35.5 Å². The number of halogens is 1. The van der Waals surface area contributed by atoms with Gasteiger partial charge in [-0.25, -0.2) is 4.98 Å². The van der Waals surface area contributed by atoms with Crippen molar-refractivity contribution < 1.29 is 0 Å². The van der Waals surface area contributed by atoms with Crippen LogP contribution in [0.5, 0.6) is 0 Å². The van der Waals surface area contributed by atoms with Crippen LogP contribution in [0.4, 0.5) is 0 Å². The number of aromatic nitrogens is 2. The molecule has 0 spiro atoms. The van der Waals surface area contributed by atoms with E-state index in [0.29, 0.717) is 0 Å². The molecule has 0 bridgehead atoms. The van der Waals surface area contributed by atoms with Crippen LogP contribution >= 0.6 is 39.2 Å². The summed E-state index contributed by atoms with van der Waals surface area (Å²) in [5.74, 6) is 0.911. The molecular formula is C12H14BrN3S2. The lowest BCUT2D eigenvalue weighted by atomic mass is 10.1. The first-order valence-corrected chi connectivity index (χ1v) is 8.04. The van der Waals surface area contributed by atoms with Crippen molar-refractivity contribution in [1.82, 2.24) is 9.36 Å². The van der Waals surface area contributed by atoms with Crippen LogP contribution in [0.25, 0.3) is 0 Å². The SMILES string of the molecule is CCc1nsc(Sc2ccc([C@@H](C)N)c(Br)c2)n1. The van der Waals surface area contributed by atoms with Crippen molar-refractivity contribution in [3.63, 3.8) is 0 Å². The van der Waals surface area contributed by atoms with Gasteiger partial charge in [0.05, 0.1) is 0 Å². The monoisotopic (exact) mass is 343 g/mol. The van der Waals surface area contributed by atoms with E-state index in [1.54, 1.807) is 11.8 Å². The third-order valence-corrected chi connectivity index (χ3v) is 4.90. The molecule has 1 aromatic heterocycles. The van der Waals surface area contributed by atoms with Crippen molar-refractivity contribution in [2.24, 2.45) is 5.73 Å². The van der Waals surface area contributed by atoms with E-state index in [0.717, 1.165) is 31.5 Å². The number of nitrogens with zero attached hydrogens (tertiary/aromatic N) is 2. The number of aryl methyl sites for hydroxylation is 1. The van der Waals surface area contributed by atoms with Gasteiger partial charge in [-0.2, -0.15) is 4.37 Å². The molecule has 0 amide bonds. The van der Waals surface area contributed by atoms with E-state index in [4.69, 9.17) is 5.73 Å². The summed E-state index contributed by atoms with van der Waals surface area (Å²) in [6.07, 6.45) is 0.879. The average Bonchev–Trinajstić information content (AvgIpc) is 2.76. The van der Waals surface area contributed by atoms with E-state index in [2.05, 4.69) is 50.4 Å². The van der Waals surface area contributed by atoms with Crippen molar-refractivity contribution in [2.75, 3.05) is 0 Å². The van der Waals surface area contributed by atoms with Gasteiger partial charge in [0, 0.05) is 21.8 Å². The maximum Gasteiger partial charge on any atom is 0.174 e. The van der Waals surface area contributed by atoms with Crippen molar-refractivity contribution in [3.05, 3.63) is 34.1 Å². The van der Waals surface area contributed by atoms with Crippen LogP contribution in [0.2, 0.25) is 0 Å². The van der Waals surface area contributed by atoms with Gasteiger partial charge in [-0.3, -0.25) is 0 Å². The Labute approximate surface area is 123 Å². The topological polar surface area (TPSA) is 51.8 Å². The zero-order valence-corrected chi connectivity index (χ0v) is 13.4. The summed E-state index contributed by atoms with van der Waals surface area (Å²) < 4.78 is 6.30. The van der Waals surface area contributed by atoms with E-state index in [9.17, 15) is 0 Å². The third kappa shape index (κ3) is 3.32. The molecule has 0 radical (unpaired) electrons. The molecule has 1 atom stereocenters. The molecule has 6 heteroatoms. The van der Waals surface area contributed by atoms with E-state index in [-0.39, 0.29) is 6.04 Å². The van der Waals surface area contributed by atoms with Gasteiger partial charge in [-0.15, -0.1) is 0 Å². The summed E-state index contributed by atoms with van der Waals surface area (Å²) in [5.41, 5.74) is 7.00. The molecule has 0 unspecified atom stereocenters. The molecule has 3 nitrogen and oxygen atoms in total. The highest BCUT2D eigenvalue weighted by molar-refractivity contribution is 9.10. The fourth-order valence-corrected chi connectivity index (χ4v) is 4.07. The summed E-state index contributed by atoms with van der Waals surface area (Å²) in [4.78, 5) is 5.59. The van der Waals surface area contributed by atoms with Gasteiger partial charge in [-0.1, -0.05) is 40.7 Å². The van der Waals surface area contributed by atoms with E-state index in [1.165, 1.54) is 11.5 Å². The van der Waals surface area contributed by atoms with Crippen LogP contribution in [0.15, 0.2) is 31.9 Å². The van der Waals surface area contributed by atoms with Crippen LogP contribution in [-0.4, -0.2) is 9.36 Å². The molecule has 18 heavy (non-hydrogen) atoms. The molecule has 1 aromatic carbocycles. The molecule has 2 rings (SSSR count). The van der Waals surface area contributed by atoms with Gasteiger partial charge >= 0.3 is 0 Å². The molecule has 0 aliphatic carbocycles. The van der Waals surface area contributed by atoms with Crippen LogP contribution in [0, 0.1) is 0 Å². The van der Waals surface area contributed by atoms with Crippen LogP contribution < -0.4 is 5.73 Å². The molecule has 0 saturated heterocycles. The molecule has 2 N–H and O–H groups in total. The second kappa shape index (κ2) is 6.14. The Kier molecular flexibility index (Phi) is 4.77. The summed E-state index contributed by atoms with van der Waals surface area (Å²) >= 11 is 6.63. The lowest BCUT2D eigenvalue weighted by molar-refractivity contribution is 0.811. The van der Waals surface area contributed by atoms with E-state index >= 15 is 0 Å². The zero-order valence-electron chi connectivity index (χ0n) is 10.2. The molecule has 2 aromatic rings. The molecule has 0 saturated carbocycles. The Morgan fingerprint density at radius 3 is 2.83 bits per heavy atom. The molecular weight excluding hydrogens is 330 g/mol. The van der Waals surface area contributed by atoms with Crippen LogP contribution in [-0.2, 0) is 6.42 Å². The Morgan fingerprint density at radius 2 is 2.28 bits per heavy atom. The first kappa shape index (κ1) is 14.0.